The van der Waals surface area contributed by atoms with Crippen LogP contribution in [0.4, 0.5) is 0 Å². The van der Waals surface area contributed by atoms with Crippen molar-refractivity contribution < 1.29 is 14.2 Å². The third kappa shape index (κ3) is 3.64. The monoisotopic (exact) mass is 530 g/mol. The molecule has 0 fully saturated rings. The summed E-state index contributed by atoms with van der Waals surface area (Å²) in [4.78, 5) is 0. The number of benzene rings is 3. The Bertz CT molecular complexity index is 735. The first-order valence-electron chi connectivity index (χ1n) is 7.99. The second-order valence-electron chi connectivity index (χ2n) is 5.35. The predicted octanol–water partition coefficient (Wildman–Crippen LogP) is 2.23. The number of hydrogen-bond acceptors (Lipinski definition) is 3. The summed E-state index contributed by atoms with van der Waals surface area (Å²) in [7, 11) is 5.18. The molecule has 0 N–H and O–H groups in total. The molecular weight excluding hydrogens is 509 g/mol. The molecule has 3 rings (SSSR count). The molecule has 25 heavy (non-hydrogen) atoms. The van der Waals surface area contributed by atoms with Crippen LogP contribution in [0.3, 0.4) is 0 Å². The molecule has 0 aromatic heterocycles. The molecule has 3 aromatic carbocycles. The number of para-hydroxylation sites is 3. The Kier molecular flexibility index (Phi) is 5.93. The first kappa shape index (κ1) is 17.8. The van der Waals surface area contributed by atoms with Gasteiger partial charge < -0.3 is 0 Å². The predicted molar refractivity (Wildman–Crippen MR) is 104 cm³/mol. The van der Waals surface area contributed by atoms with Crippen LogP contribution in [0.2, 0.25) is 0 Å². The third-order valence-corrected chi connectivity index (χ3v) is 13.9. The Hall–Kier alpha value is -2.06. The molecule has 0 aliphatic carbocycles. The molecule has 128 valence electrons. The van der Waals surface area contributed by atoms with Gasteiger partial charge in [-0.3, -0.25) is 0 Å². The van der Waals surface area contributed by atoms with Crippen LogP contribution in [0.15, 0.2) is 72.8 Å². The Labute approximate surface area is 156 Å². The van der Waals surface area contributed by atoms with Crippen LogP contribution >= 0.6 is 0 Å². The van der Waals surface area contributed by atoms with Gasteiger partial charge in [0.25, 0.3) is 0 Å². The van der Waals surface area contributed by atoms with Gasteiger partial charge in [0.2, 0.25) is 0 Å². The maximum atomic E-state index is 5.69. The summed E-state index contributed by atoms with van der Waals surface area (Å²) in [6.07, 6.45) is 0. The summed E-state index contributed by atoms with van der Waals surface area (Å²) in [5, 5.41) is 0. The molecule has 4 heteroatoms. The maximum absolute atomic E-state index is 5.69. The Morgan fingerprint density at radius 3 is 1.04 bits per heavy atom. The average Bonchev–Trinajstić information content (AvgIpc) is 2.69. The van der Waals surface area contributed by atoms with Crippen LogP contribution in [-0.2, 0) is 0 Å². The number of hydrogen-bond donors (Lipinski definition) is 0. The number of methoxy groups -OCH3 is 3. The van der Waals surface area contributed by atoms with E-state index in [0.29, 0.717) is 0 Å². The normalized spacial score (nSPS) is 10.6. The van der Waals surface area contributed by atoms with Crippen LogP contribution in [0, 0.1) is 0 Å². The molecule has 0 aliphatic heterocycles. The summed E-state index contributed by atoms with van der Waals surface area (Å²) in [6, 6.07) is 24.9. The minimum atomic E-state index is -2.69. The van der Waals surface area contributed by atoms with Gasteiger partial charge in [-0.25, -0.2) is 0 Å². The van der Waals surface area contributed by atoms with Gasteiger partial charge in [-0.15, -0.1) is 0 Å². The van der Waals surface area contributed by atoms with Crippen LogP contribution in [0.1, 0.15) is 0 Å². The van der Waals surface area contributed by atoms with Gasteiger partial charge in [-0.05, 0) is 0 Å². The van der Waals surface area contributed by atoms with Gasteiger partial charge in [0, 0.05) is 0 Å². The van der Waals surface area contributed by atoms with E-state index in [4.69, 9.17) is 14.2 Å². The summed E-state index contributed by atoms with van der Waals surface area (Å²) in [5.41, 5.74) is 0. The molecule has 0 saturated carbocycles. The van der Waals surface area contributed by atoms with Gasteiger partial charge in [0.15, 0.2) is 0 Å². The van der Waals surface area contributed by atoms with Gasteiger partial charge in [0.05, 0.1) is 0 Å². The van der Waals surface area contributed by atoms with Crippen molar-refractivity contribution in [3.8, 4) is 17.2 Å². The van der Waals surface area contributed by atoms with Crippen molar-refractivity contribution in [2.24, 2.45) is 0 Å². The fraction of sp³-hybridized carbons (Fsp3) is 0.143. The van der Waals surface area contributed by atoms with Crippen molar-refractivity contribution in [2.45, 2.75) is 0 Å². The zero-order valence-electron chi connectivity index (χ0n) is 14.6. The van der Waals surface area contributed by atoms with Crippen molar-refractivity contribution in [2.75, 3.05) is 21.3 Å². The van der Waals surface area contributed by atoms with Crippen molar-refractivity contribution in [3.05, 3.63) is 72.8 Å². The minimum absolute atomic E-state index is 0.928. The first-order chi connectivity index (χ1) is 12.3. The Morgan fingerprint density at radius 2 is 0.760 bits per heavy atom. The van der Waals surface area contributed by atoms with E-state index in [9.17, 15) is 0 Å². The standard InChI is InChI=1S/3C7H7O.Bi/c3*1-8-7-5-3-2-4-6-7;/h3*2-5H,1H3;. The fourth-order valence-electron chi connectivity index (χ4n) is 2.83. The van der Waals surface area contributed by atoms with Crippen LogP contribution in [0.5, 0.6) is 17.2 Å². The zero-order valence-corrected chi connectivity index (χ0v) is 18.1. The molecule has 0 radical (unpaired) electrons. The molecule has 0 unspecified atom stereocenters. The van der Waals surface area contributed by atoms with Crippen LogP contribution < -0.4 is 24.0 Å². The Balaban J connectivity index is 2.29. The van der Waals surface area contributed by atoms with Gasteiger partial charge >= 0.3 is 157 Å². The summed E-state index contributed by atoms with van der Waals surface area (Å²) in [6.45, 7) is 0. The van der Waals surface area contributed by atoms with E-state index in [1.807, 2.05) is 36.4 Å². The summed E-state index contributed by atoms with van der Waals surface area (Å²) < 4.78 is 20.9. The topological polar surface area (TPSA) is 27.7 Å². The van der Waals surface area contributed by atoms with E-state index in [0.717, 1.165) is 17.2 Å². The van der Waals surface area contributed by atoms with Crippen LogP contribution in [0.25, 0.3) is 0 Å². The molecule has 0 aliphatic rings. The van der Waals surface area contributed by atoms with E-state index in [-0.39, 0.29) is 0 Å². The first-order valence-corrected chi connectivity index (χ1v) is 13.2. The average molecular weight is 530 g/mol. The second-order valence-corrected chi connectivity index (χ2v) is 13.6. The third-order valence-electron chi connectivity index (χ3n) is 3.98. The van der Waals surface area contributed by atoms with Crippen molar-refractivity contribution in [1.29, 1.82) is 0 Å². The fourth-order valence-corrected chi connectivity index (χ4v) is 13.1. The van der Waals surface area contributed by atoms with E-state index in [1.54, 1.807) is 21.3 Å². The molecule has 0 amide bonds. The summed E-state index contributed by atoms with van der Waals surface area (Å²) in [5.74, 6) is 2.78. The van der Waals surface area contributed by atoms with Gasteiger partial charge in [-0.2, -0.15) is 0 Å². The number of rotatable bonds is 6. The number of ether oxygens (including phenoxy) is 3. The van der Waals surface area contributed by atoms with Gasteiger partial charge in [0.1, 0.15) is 0 Å². The SMILES string of the molecule is COc1cccc[c]1[Bi]([c]1ccccc1OC)[c]1ccccc1OC. The summed E-state index contributed by atoms with van der Waals surface area (Å²) >= 11 is -2.69. The van der Waals surface area contributed by atoms with E-state index >= 15 is 0 Å². The zero-order chi connectivity index (χ0) is 17.6. The molecular formula is C21H21BiO3. The van der Waals surface area contributed by atoms with Crippen molar-refractivity contribution >= 4 is 31.6 Å². The van der Waals surface area contributed by atoms with Crippen LogP contribution in [-0.4, -0.2) is 43.1 Å². The van der Waals surface area contributed by atoms with Crippen molar-refractivity contribution in [1.82, 2.24) is 0 Å². The van der Waals surface area contributed by atoms with E-state index < -0.39 is 21.8 Å². The molecule has 0 bridgehead atoms. The second kappa shape index (κ2) is 8.35. The molecule has 0 heterocycles. The Morgan fingerprint density at radius 1 is 0.480 bits per heavy atom. The molecule has 3 aromatic rings. The van der Waals surface area contributed by atoms with E-state index in [1.165, 1.54) is 9.81 Å². The quantitative estimate of drug-likeness (QED) is 0.458. The molecule has 0 spiro atoms. The molecule has 0 atom stereocenters. The molecule has 0 saturated heterocycles. The van der Waals surface area contributed by atoms with Gasteiger partial charge in [-0.1, -0.05) is 0 Å². The van der Waals surface area contributed by atoms with Crippen molar-refractivity contribution in [3.63, 3.8) is 0 Å². The van der Waals surface area contributed by atoms with E-state index in [2.05, 4.69) is 36.4 Å². The molecule has 3 nitrogen and oxygen atoms in total.